The zero-order chi connectivity index (χ0) is 19.4. The number of carbonyl (C=O) groups is 1. The Morgan fingerprint density at radius 2 is 1.93 bits per heavy atom. The molecule has 0 unspecified atom stereocenters. The summed E-state index contributed by atoms with van der Waals surface area (Å²) in [6, 6.07) is 18.6. The first-order valence-electron chi connectivity index (χ1n) is 8.65. The minimum atomic E-state index is -1.36. The maximum absolute atomic E-state index is 12.3. The van der Waals surface area contributed by atoms with Gasteiger partial charge in [-0.1, -0.05) is 46.3 Å². The van der Waals surface area contributed by atoms with Crippen molar-refractivity contribution >= 4 is 27.6 Å². The van der Waals surface area contributed by atoms with Crippen molar-refractivity contribution in [3.05, 3.63) is 75.9 Å². The van der Waals surface area contributed by atoms with Crippen LogP contribution in [-0.4, -0.2) is 17.7 Å². The van der Waals surface area contributed by atoms with Crippen molar-refractivity contribution in [1.29, 1.82) is 5.26 Å². The molecule has 0 bridgehead atoms. The molecule has 6 heteroatoms. The van der Waals surface area contributed by atoms with Crippen LogP contribution in [0.15, 0.2) is 70.3 Å². The maximum Gasteiger partial charge on any atom is 0.350 e. The molecule has 27 heavy (non-hydrogen) atoms. The molecule has 1 atom stereocenters. The average molecular weight is 427 g/mol. The van der Waals surface area contributed by atoms with Gasteiger partial charge in [-0.15, -0.1) is 0 Å². The number of halogens is 1. The van der Waals surface area contributed by atoms with Gasteiger partial charge in [0.1, 0.15) is 6.07 Å². The Hall–Kier alpha value is -2.62. The molecule has 0 amide bonds. The van der Waals surface area contributed by atoms with Gasteiger partial charge in [0.05, 0.1) is 6.61 Å². The number of hydrogen-bond acceptors (Lipinski definition) is 5. The van der Waals surface area contributed by atoms with Crippen LogP contribution < -0.4 is 4.90 Å². The third kappa shape index (κ3) is 3.61. The lowest BCUT2D eigenvalue weighted by Gasteiger charge is -2.36. The molecule has 5 nitrogen and oxygen atoms in total. The molecule has 0 spiro atoms. The van der Waals surface area contributed by atoms with Crippen LogP contribution in [0.25, 0.3) is 0 Å². The van der Waals surface area contributed by atoms with E-state index in [0.29, 0.717) is 29.8 Å². The van der Waals surface area contributed by atoms with E-state index in [1.807, 2.05) is 60.7 Å². The number of allylic oxidation sites excluding steroid dienone is 1. The molecule has 0 radical (unpaired) electrons. The van der Waals surface area contributed by atoms with Gasteiger partial charge in [0, 0.05) is 27.8 Å². The monoisotopic (exact) mass is 426 g/mol. The minimum Gasteiger partial charge on any atom is -0.462 e. The van der Waals surface area contributed by atoms with E-state index in [2.05, 4.69) is 15.9 Å². The molecule has 138 valence electrons. The number of esters is 1. The molecule has 1 heterocycles. The zero-order valence-corrected chi connectivity index (χ0v) is 16.4. The SMILES string of the molecule is CCOC(=O)/C(C#N)=C1/CC[C@@](O)(c2ccccc2)N1c1ccc(Br)cc1. The van der Waals surface area contributed by atoms with Crippen molar-refractivity contribution in [3.63, 3.8) is 0 Å². The lowest BCUT2D eigenvalue weighted by Crippen LogP contribution is -2.41. The molecule has 1 aliphatic rings. The third-order valence-electron chi connectivity index (χ3n) is 4.55. The first-order valence-corrected chi connectivity index (χ1v) is 9.44. The van der Waals surface area contributed by atoms with E-state index in [1.165, 1.54) is 0 Å². The first-order chi connectivity index (χ1) is 13.0. The summed E-state index contributed by atoms with van der Waals surface area (Å²) < 4.78 is 5.94. The normalized spacial score (nSPS) is 20.9. The van der Waals surface area contributed by atoms with E-state index in [9.17, 15) is 15.2 Å². The topological polar surface area (TPSA) is 73.6 Å². The molecule has 0 aliphatic carbocycles. The van der Waals surface area contributed by atoms with Crippen LogP contribution in [0.2, 0.25) is 0 Å². The van der Waals surface area contributed by atoms with Crippen LogP contribution in [-0.2, 0) is 15.3 Å². The van der Waals surface area contributed by atoms with Gasteiger partial charge in [-0.25, -0.2) is 4.79 Å². The summed E-state index contributed by atoms with van der Waals surface area (Å²) >= 11 is 3.41. The van der Waals surface area contributed by atoms with Gasteiger partial charge in [-0.3, -0.25) is 0 Å². The van der Waals surface area contributed by atoms with Gasteiger partial charge in [-0.05, 0) is 37.6 Å². The minimum absolute atomic E-state index is 0.0772. The largest absolute Gasteiger partial charge is 0.462 e. The number of ether oxygens (including phenoxy) is 1. The summed E-state index contributed by atoms with van der Waals surface area (Å²) in [5.74, 6) is -0.672. The van der Waals surface area contributed by atoms with Gasteiger partial charge in [0.25, 0.3) is 0 Å². The Kier molecular flexibility index (Phi) is 5.64. The maximum atomic E-state index is 12.3. The number of rotatable bonds is 4. The van der Waals surface area contributed by atoms with Gasteiger partial charge in [0.2, 0.25) is 0 Å². The van der Waals surface area contributed by atoms with Crippen molar-refractivity contribution in [2.24, 2.45) is 0 Å². The molecule has 1 fully saturated rings. The summed E-state index contributed by atoms with van der Waals surface area (Å²) in [6.07, 6.45) is 0.732. The van der Waals surface area contributed by atoms with Crippen molar-refractivity contribution in [2.75, 3.05) is 11.5 Å². The van der Waals surface area contributed by atoms with Crippen LogP contribution in [0.1, 0.15) is 25.3 Å². The molecular formula is C21H19BrN2O3. The zero-order valence-electron chi connectivity index (χ0n) is 14.9. The van der Waals surface area contributed by atoms with Gasteiger partial charge in [-0.2, -0.15) is 5.26 Å². The number of nitrogens with zero attached hydrogens (tertiary/aromatic N) is 2. The number of carbonyl (C=O) groups excluding carboxylic acids is 1. The fourth-order valence-electron chi connectivity index (χ4n) is 3.35. The lowest BCUT2D eigenvalue weighted by atomic mass is 10.00. The van der Waals surface area contributed by atoms with Crippen LogP contribution in [0.4, 0.5) is 5.69 Å². The van der Waals surface area contributed by atoms with E-state index >= 15 is 0 Å². The molecular weight excluding hydrogens is 408 g/mol. The smallest absolute Gasteiger partial charge is 0.350 e. The Balaban J connectivity index is 2.19. The molecule has 1 saturated heterocycles. The fraction of sp³-hybridized carbons (Fsp3) is 0.238. The number of aliphatic hydroxyl groups is 1. The highest BCUT2D eigenvalue weighted by molar-refractivity contribution is 9.10. The second kappa shape index (κ2) is 7.95. The highest BCUT2D eigenvalue weighted by Crippen LogP contribution is 2.46. The van der Waals surface area contributed by atoms with Crippen molar-refractivity contribution in [2.45, 2.75) is 25.5 Å². The van der Waals surface area contributed by atoms with E-state index in [0.717, 1.165) is 4.47 Å². The Morgan fingerprint density at radius 3 is 2.52 bits per heavy atom. The highest BCUT2D eigenvalue weighted by Gasteiger charge is 2.46. The molecule has 1 N–H and O–H groups in total. The summed E-state index contributed by atoms with van der Waals surface area (Å²) in [5.41, 5.74) is 0.411. The van der Waals surface area contributed by atoms with E-state index in [4.69, 9.17) is 4.74 Å². The standard InChI is InChI=1S/C21H19BrN2O3/c1-2-27-20(25)18(14-23)19-12-13-21(26,15-6-4-3-5-7-15)24(19)17-10-8-16(22)9-11-17/h3-11,26H,2,12-13H2,1H3/b19-18-/t21-/m1/s1. The Bertz CT molecular complexity index is 903. The van der Waals surface area contributed by atoms with Crippen LogP contribution in [0.5, 0.6) is 0 Å². The fourth-order valence-corrected chi connectivity index (χ4v) is 3.61. The van der Waals surface area contributed by atoms with Crippen molar-refractivity contribution in [1.82, 2.24) is 0 Å². The molecule has 0 aromatic heterocycles. The van der Waals surface area contributed by atoms with Gasteiger partial charge >= 0.3 is 5.97 Å². The molecule has 2 aromatic rings. The van der Waals surface area contributed by atoms with Crippen LogP contribution in [0, 0.1) is 11.3 Å². The molecule has 2 aromatic carbocycles. The van der Waals surface area contributed by atoms with Crippen LogP contribution in [0.3, 0.4) is 0 Å². The lowest BCUT2D eigenvalue weighted by molar-refractivity contribution is -0.138. The summed E-state index contributed by atoms with van der Waals surface area (Å²) in [7, 11) is 0. The summed E-state index contributed by atoms with van der Waals surface area (Å²) in [6.45, 7) is 1.87. The van der Waals surface area contributed by atoms with Crippen molar-refractivity contribution in [3.8, 4) is 6.07 Å². The summed E-state index contributed by atoms with van der Waals surface area (Å²) in [4.78, 5) is 14.0. The Morgan fingerprint density at radius 1 is 1.26 bits per heavy atom. The van der Waals surface area contributed by atoms with E-state index < -0.39 is 11.7 Å². The second-order valence-corrected chi connectivity index (χ2v) is 7.06. The highest BCUT2D eigenvalue weighted by atomic mass is 79.9. The van der Waals surface area contributed by atoms with Crippen LogP contribution >= 0.6 is 15.9 Å². The predicted octanol–water partition coefficient (Wildman–Crippen LogP) is 4.24. The number of nitriles is 1. The predicted molar refractivity (Wildman–Crippen MR) is 105 cm³/mol. The van der Waals surface area contributed by atoms with Gasteiger partial charge < -0.3 is 14.7 Å². The average Bonchev–Trinajstić information content (AvgIpc) is 3.02. The van der Waals surface area contributed by atoms with Gasteiger partial charge in [0.15, 0.2) is 11.3 Å². The number of hydrogen-bond donors (Lipinski definition) is 1. The van der Waals surface area contributed by atoms with E-state index in [1.54, 1.807) is 11.8 Å². The molecule has 0 saturated carbocycles. The van der Waals surface area contributed by atoms with Crippen molar-refractivity contribution < 1.29 is 14.6 Å². The second-order valence-electron chi connectivity index (χ2n) is 6.15. The number of anilines is 1. The first kappa shape index (κ1) is 19.2. The molecule has 1 aliphatic heterocycles. The summed E-state index contributed by atoms with van der Waals surface area (Å²) in [5, 5.41) is 21.2. The Labute approximate surface area is 166 Å². The number of benzene rings is 2. The van der Waals surface area contributed by atoms with E-state index in [-0.39, 0.29) is 12.2 Å². The molecule has 3 rings (SSSR count). The quantitative estimate of drug-likeness (QED) is 0.449. The third-order valence-corrected chi connectivity index (χ3v) is 5.08.